The maximum Gasteiger partial charge on any atom is 0.203 e. The van der Waals surface area contributed by atoms with Crippen molar-refractivity contribution in [3.8, 4) is 0 Å². The fourth-order valence-corrected chi connectivity index (χ4v) is 2.35. The highest BCUT2D eigenvalue weighted by Crippen LogP contribution is 2.35. The van der Waals surface area contributed by atoms with E-state index in [4.69, 9.17) is 9.15 Å². The fraction of sp³-hybridized carbons (Fsp3) is 0.533. The summed E-state index contributed by atoms with van der Waals surface area (Å²) in [5, 5.41) is 0. The molecular formula is C15H20O3. The first-order chi connectivity index (χ1) is 8.45. The molecule has 0 N–H and O–H groups in total. The molecule has 3 heteroatoms. The second-order valence-corrected chi connectivity index (χ2v) is 5.35. The number of carbonyl (C=O) groups is 1. The van der Waals surface area contributed by atoms with Gasteiger partial charge in [-0.15, -0.1) is 6.58 Å². The van der Waals surface area contributed by atoms with Crippen molar-refractivity contribution in [3.05, 3.63) is 36.3 Å². The first kappa shape index (κ1) is 13.1. The minimum Gasteiger partial charge on any atom is -0.461 e. The fourth-order valence-electron chi connectivity index (χ4n) is 2.35. The lowest BCUT2D eigenvalue weighted by Crippen LogP contribution is -2.29. The summed E-state index contributed by atoms with van der Waals surface area (Å²) in [6, 6.07) is 1.78. The minimum absolute atomic E-state index is 0.0152. The summed E-state index contributed by atoms with van der Waals surface area (Å²) in [6.07, 6.45) is 5.17. The van der Waals surface area contributed by atoms with Gasteiger partial charge in [-0.05, 0) is 38.3 Å². The van der Waals surface area contributed by atoms with Crippen LogP contribution in [0.2, 0.25) is 0 Å². The number of furan rings is 1. The summed E-state index contributed by atoms with van der Waals surface area (Å²) in [5.74, 6) is 0.259. The van der Waals surface area contributed by atoms with Crippen molar-refractivity contribution in [1.82, 2.24) is 0 Å². The number of ketones is 1. The van der Waals surface area contributed by atoms with Crippen LogP contribution < -0.4 is 0 Å². The topological polar surface area (TPSA) is 39.4 Å². The number of ether oxygens (including phenoxy) is 1. The number of aryl methyl sites for hydroxylation is 1. The highest BCUT2D eigenvalue weighted by Gasteiger charge is 2.39. The van der Waals surface area contributed by atoms with Gasteiger partial charge in [-0.25, -0.2) is 0 Å². The highest BCUT2D eigenvalue weighted by molar-refractivity contribution is 5.95. The van der Waals surface area contributed by atoms with Gasteiger partial charge in [0, 0.05) is 5.92 Å². The SMILES string of the molecule is C=CC1(C)CCC(C(C)C(=O)c2cc(C)co2)O1. The average molecular weight is 248 g/mol. The summed E-state index contributed by atoms with van der Waals surface area (Å²) in [5.41, 5.74) is 0.673. The Labute approximate surface area is 108 Å². The molecule has 0 radical (unpaired) electrons. The van der Waals surface area contributed by atoms with E-state index in [0.29, 0.717) is 5.76 Å². The summed E-state index contributed by atoms with van der Waals surface area (Å²) in [7, 11) is 0. The van der Waals surface area contributed by atoms with Crippen molar-refractivity contribution >= 4 is 5.78 Å². The van der Waals surface area contributed by atoms with Gasteiger partial charge in [-0.2, -0.15) is 0 Å². The normalized spacial score (nSPS) is 29.2. The van der Waals surface area contributed by atoms with Gasteiger partial charge in [0.15, 0.2) is 5.76 Å². The monoisotopic (exact) mass is 248 g/mol. The molecule has 0 spiro atoms. The molecule has 3 atom stereocenters. The second-order valence-electron chi connectivity index (χ2n) is 5.35. The molecule has 1 aliphatic heterocycles. The molecule has 18 heavy (non-hydrogen) atoms. The van der Waals surface area contributed by atoms with Crippen LogP contribution in [0.3, 0.4) is 0 Å². The molecule has 0 aromatic carbocycles. The predicted molar refractivity (Wildman–Crippen MR) is 69.6 cm³/mol. The maximum absolute atomic E-state index is 12.2. The molecule has 0 aliphatic carbocycles. The number of rotatable bonds is 4. The summed E-state index contributed by atoms with van der Waals surface area (Å²) < 4.78 is 11.2. The molecule has 1 saturated heterocycles. The quantitative estimate of drug-likeness (QED) is 0.604. The lowest BCUT2D eigenvalue weighted by Gasteiger charge is -2.23. The molecule has 0 saturated carbocycles. The smallest absolute Gasteiger partial charge is 0.203 e. The second kappa shape index (κ2) is 4.73. The van der Waals surface area contributed by atoms with E-state index in [2.05, 4.69) is 6.58 Å². The van der Waals surface area contributed by atoms with Crippen LogP contribution >= 0.6 is 0 Å². The molecule has 1 aromatic heterocycles. The number of hydrogen-bond donors (Lipinski definition) is 0. The van der Waals surface area contributed by atoms with Crippen LogP contribution in [-0.4, -0.2) is 17.5 Å². The van der Waals surface area contributed by atoms with E-state index in [0.717, 1.165) is 18.4 Å². The van der Waals surface area contributed by atoms with Crippen molar-refractivity contribution in [2.24, 2.45) is 5.92 Å². The zero-order valence-corrected chi connectivity index (χ0v) is 11.2. The maximum atomic E-state index is 12.2. The van der Waals surface area contributed by atoms with Gasteiger partial charge in [0.1, 0.15) is 0 Å². The third-order valence-electron chi connectivity index (χ3n) is 3.72. The van der Waals surface area contributed by atoms with Crippen LogP contribution in [0.4, 0.5) is 0 Å². The zero-order valence-electron chi connectivity index (χ0n) is 11.2. The molecule has 0 bridgehead atoms. The van der Waals surface area contributed by atoms with Gasteiger partial charge >= 0.3 is 0 Å². The van der Waals surface area contributed by atoms with E-state index in [1.165, 1.54) is 0 Å². The molecule has 98 valence electrons. The van der Waals surface area contributed by atoms with E-state index < -0.39 is 0 Å². The average Bonchev–Trinajstić information content (AvgIpc) is 2.95. The van der Waals surface area contributed by atoms with Gasteiger partial charge in [0.2, 0.25) is 5.78 Å². The van der Waals surface area contributed by atoms with Crippen LogP contribution in [0.1, 0.15) is 42.8 Å². The van der Waals surface area contributed by atoms with Gasteiger partial charge < -0.3 is 9.15 Å². The Morgan fingerprint density at radius 1 is 1.67 bits per heavy atom. The Balaban J connectivity index is 2.06. The lowest BCUT2D eigenvalue weighted by molar-refractivity contribution is -0.0156. The molecule has 1 aliphatic rings. The Morgan fingerprint density at radius 2 is 2.39 bits per heavy atom. The highest BCUT2D eigenvalue weighted by atomic mass is 16.5. The van der Waals surface area contributed by atoms with Gasteiger partial charge in [0.25, 0.3) is 0 Å². The summed E-state index contributed by atoms with van der Waals surface area (Å²) >= 11 is 0. The molecule has 2 heterocycles. The van der Waals surface area contributed by atoms with Crippen molar-refractivity contribution in [1.29, 1.82) is 0 Å². The Hall–Kier alpha value is -1.35. The predicted octanol–water partition coefficient (Wildman–Crippen LogP) is 3.53. The molecule has 2 rings (SSSR count). The van der Waals surface area contributed by atoms with E-state index in [-0.39, 0.29) is 23.4 Å². The van der Waals surface area contributed by atoms with Gasteiger partial charge in [-0.1, -0.05) is 13.0 Å². The molecule has 1 fully saturated rings. The molecule has 3 unspecified atom stereocenters. The third-order valence-corrected chi connectivity index (χ3v) is 3.72. The van der Waals surface area contributed by atoms with Gasteiger partial charge in [0.05, 0.1) is 18.0 Å². The van der Waals surface area contributed by atoms with Crippen molar-refractivity contribution in [2.45, 2.75) is 45.3 Å². The number of hydrogen-bond acceptors (Lipinski definition) is 3. The molecular weight excluding hydrogens is 228 g/mol. The number of Topliss-reactive ketones (excluding diaryl/α,β-unsaturated/α-hetero) is 1. The van der Waals surface area contributed by atoms with Crippen molar-refractivity contribution < 1.29 is 13.9 Å². The minimum atomic E-state index is -0.293. The van der Waals surface area contributed by atoms with E-state index in [9.17, 15) is 4.79 Å². The van der Waals surface area contributed by atoms with Crippen LogP contribution in [0.5, 0.6) is 0 Å². The van der Waals surface area contributed by atoms with Gasteiger partial charge in [-0.3, -0.25) is 4.79 Å². The molecule has 0 amide bonds. The van der Waals surface area contributed by atoms with Crippen LogP contribution in [0.15, 0.2) is 29.4 Å². The Bertz CT molecular complexity index is 460. The van der Waals surface area contributed by atoms with Crippen molar-refractivity contribution in [2.75, 3.05) is 0 Å². The Kier molecular flexibility index (Phi) is 3.44. The van der Waals surface area contributed by atoms with Crippen molar-refractivity contribution in [3.63, 3.8) is 0 Å². The largest absolute Gasteiger partial charge is 0.461 e. The Morgan fingerprint density at radius 3 is 2.89 bits per heavy atom. The lowest BCUT2D eigenvalue weighted by atomic mass is 9.94. The first-order valence-electron chi connectivity index (χ1n) is 6.36. The first-order valence-corrected chi connectivity index (χ1v) is 6.36. The van der Waals surface area contributed by atoms with E-state index in [1.807, 2.05) is 26.8 Å². The number of carbonyl (C=O) groups excluding carboxylic acids is 1. The zero-order chi connectivity index (χ0) is 13.3. The van der Waals surface area contributed by atoms with Crippen LogP contribution in [0, 0.1) is 12.8 Å². The molecule has 3 nitrogen and oxygen atoms in total. The third kappa shape index (κ3) is 2.41. The van der Waals surface area contributed by atoms with Crippen LogP contribution in [-0.2, 0) is 4.74 Å². The summed E-state index contributed by atoms with van der Waals surface area (Å²) in [4.78, 5) is 12.2. The summed E-state index contributed by atoms with van der Waals surface area (Å²) in [6.45, 7) is 9.61. The van der Waals surface area contributed by atoms with E-state index >= 15 is 0 Å². The standard InChI is InChI=1S/C15H20O3/c1-5-15(4)7-6-12(18-15)11(3)14(16)13-8-10(2)9-17-13/h5,8-9,11-12H,1,6-7H2,2-4H3. The molecule has 1 aromatic rings. The van der Waals surface area contributed by atoms with Crippen LogP contribution in [0.25, 0.3) is 0 Å². The van der Waals surface area contributed by atoms with E-state index in [1.54, 1.807) is 12.3 Å².